The number of anilines is 2. The van der Waals surface area contributed by atoms with E-state index >= 15 is 0 Å². The van der Waals surface area contributed by atoms with Crippen molar-refractivity contribution in [1.29, 1.82) is 0 Å². The molecule has 9 nitrogen and oxygen atoms in total. The van der Waals surface area contributed by atoms with E-state index in [4.69, 9.17) is 0 Å². The molecule has 1 aromatic carbocycles. The second-order valence-electron chi connectivity index (χ2n) is 10.8. The van der Waals surface area contributed by atoms with Crippen molar-refractivity contribution in [2.75, 3.05) is 9.80 Å². The van der Waals surface area contributed by atoms with Crippen LogP contribution in [-0.2, 0) is 20.1 Å². The van der Waals surface area contributed by atoms with Gasteiger partial charge in [0.05, 0.1) is 11.4 Å². The molecule has 0 atom stereocenters. The van der Waals surface area contributed by atoms with Crippen molar-refractivity contribution in [1.82, 2.24) is 35.2 Å². The van der Waals surface area contributed by atoms with Crippen LogP contribution in [-0.4, -0.2) is 37.1 Å². The minimum Gasteiger partial charge on any atom is -0.574 e. The predicted molar refractivity (Wildman–Crippen MR) is 163 cm³/mol. The van der Waals surface area contributed by atoms with Gasteiger partial charge in [-0.15, -0.1) is 29.6 Å². The molecular weight excluding hydrogens is 703 g/mol. The zero-order chi connectivity index (χ0) is 29.1. The van der Waals surface area contributed by atoms with Gasteiger partial charge in [0, 0.05) is 31.5 Å². The van der Waals surface area contributed by atoms with E-state index in [0.29, 0.717) is 12.1 Å². The van der Waals surface area contributed by atoms with Crippen LogP contribution in [0.25, 0.3) is 22.8 Å². The molecule has 5 heterocycles. The van der Waals surface area contributed by atoms with Gasteiger partial charge in [-0.25, -0.2) is 0 Å². The van der Waals surface area contributed by atoms with Crippen LogP contribution in [0.3, 0.4) is 0 Å². The van der Waals surface area contributed by atoms with Gasteiger partial charge in [-0.3, -0.25) is 4.98 Å². The molecule has 1 radical (unpaired) electrons. The van der Waals surface area contributed by atoms with Crippen LogP contribution in [0.5, 0.6) is 0 Å². The number of aromatic nitrogens is 5. The fourth-order valence-electron chi connectivity index (χ4n) is 4.34. The SMILES string of the molecule is Cc1cc(-c2cccc(-c3cc(C)n[n-]3)n2)[n-]n1.Cc1cc(N2C=CN(C(C)C)[CH-]2)[c-]c(N2C=CN(C(C)C)[CH-]2)c1.[Ir]. The summed E-state index contributed by atoms with van der Waals surface area (Å²) >= 11 is 0. The number of hydrogen-bond donors (Lipinski definition) is 0. The maximum atomic E-state index is 4.53. The Labute approximate surface area is 262 Å². The van der Waals surface area contributed by atoms with E-state index < -0.39 is 0 Å². The summed E-state index contributed by atoms with van der Waals surface area (Å²) in [5, 5.41) is 16.1. The van der Waals surface area contributed by atoms with E-state index in [0.717, 1.165) is 45.5 Å². The average molecular weight is 739 g/mol. The molecule has 3 aromatic heterocycles. The normalized spacial score (nSPS) is 14.2. The number of nitrogens with zero attached hydrogens (tertiary/aromatic N) is 9. The molecule has 0 spiro atoms. The van der Waals surface area contributed by atoms with E-state index in [9.17, 15) is 0 Å². The molecule has 0 unspecified atom stereocenters. The number of rotatable bonds is 6. The number of hydrogen-bond acceptors (Lipinski definition) is 7. The fraction of sp³-hybridized carbons (Fsp3) is 0.281. The van der Waals surface area contributed by atoms with Crippen molar-refractivity contribution < 1.29 is 20.1 Å². The van der Waals surface area contributed by atoms with Gasteiger partial charge in [0.25, 0.3) is 0 Å². The van der Waals surface area contributed by atoms with Crippen molar-refractivity contribution in [2.24, 2.45) is 0 Å². The maximum Gasteiger partial charge on any atom is 0.0500 e. The Morgan fingerprint density at radius 3 is 1.50 bits per heavy atom. The topological polar surface area (TPSA) is 79.8 Å². The number of aryl methyl sites for hydroxylation is 3. The number of benzene rings is 1. The standard InChI is InChI=1S/C19H25N4.C13H11N5.Ir/c1-15(2)20-6-8-22(13-20)18-10-17(5)11-19(12-18)23-9-7-21(14-23)16(3)4;1-8-6-12(17-15-8)10-4-3-5-11(14-10)13-7-9(2)16-18-13;/h6-11,13-16H,1-5H3;3-7H,1-2H3;/q-3;-2;. The Morgan fingerprint density at radius 2 is 1.14 bits per heavy atom. The van der Waals surface area contributed by atoms with Crippen molar-refractivity contribution in [3.63, 3.8) is 0 Å². The first-order valence-electron chi connectivity index (χ1n) is 13.8. The monoisotopic (exact) mass is 739 g/mol. The molecule has 42 heavy (non-hydrogen) atoms. The van der Waals surface area contributed by atoms with Gasteiger partial charge < -0.3 is 40.0 Å². The Hall–Kier alpha value is -3.88. The van der Waals surface area contributed by atoms with Crippen LogP contribution < -0.4 is 20.0 Å². The van der Waals surface area contributed by atoms with Gasteiger partial charge in [0.15, 0.2) is 0 Å². The molecule has 2 aliphatic heterocycles. The summed E-state index contributed by atoms with van der Waals surface area (Å²) in [5.74, 6) is 0. The molecular formula is C32H36IrN9-5. The summed E-state index contributed by atoms with van der Waals surface area (Å²) in [6.07, 6.45) is 8.36. The third kappa shape index (κ3) is 7.30. The summed E-state index contributed by atoms with van der Waals surface area (Å²) < 4.78 is 0. The third-order valence-corrected chi connectivity index (χ3v) is 6.64. The van der Waals surface area contributed by atoms with E-state index in [-0.39, 0.29) is 20.1 Å². The van der Waals surface area contributed by atoms with Crippen molar-refractivity contribution >= 4 is 11.4 Å². The molecule has 6 rings (SSSR count). The van der Waals surface area contributed by atoms with Crippen LogP contribution >= 0.6 is 0 Å². The molecule has 223 valence electrons. The van der Waals surface area contributed by atoms with Gasteiger partial charge in [-0.05, 0) is 90.6 Å². The van der Waals surface area contributed by atoms with Crippen LogP contribution in [0.15, 0.2) is 67.3 Å². The van der Waals surface area contributed by atoms with Crippen LogP contribution in [0.2, 0.25) is 0 Å². The second-order valence-corrected chi connectivity index (χ2v) is 10.8. The summed E-state index contributed by atoms with van der Waals surface area (Å²) in [5.41, 5.74) is 8.29. The smallest absolute Gasteiger partial charge is 0.0500 e. The molecule has 0 N–H and O–H groups in total. The molecule has 4 aromatic rings. The fourth-order valence-corrected chi connectivity index (χ4v) is 4.34. The first kappa shape index (κ1) is 31.1. The van der Waals surface area contributed by atoms with Crippen molar-refractivity contribution in [2.45, 2.75) is 60.5 Å². The Morgan fingerprint density at radius 1 is 0.690 bits per heavy atom. The van der Waals surface area contributed by atoms with Crippen LogP contribution in [0.4, 0.5) is 11.4 Å². The van der Waals surface area contributed by atoms with Gasteiger partial charge in [-0.2, -0.15) is 18.9 Å². The molecule has 0 bridgehead atoms. The number of pyridine rings is 1. The minimum absolute atomic E-state index is 0. The van der Waals surface area contributed by atoms with E-state index in [2.05, 4.69) is 136 Å². The van der Waals surface area contributed by atoms with E-state index in [1.165, 1.54) is 5.56 Å². The summed E-state index contributed by atoms with van der Waals surface area (Å²) in [6.45, 7) is 18.9. The van der Waals surface area contributed by atoms with E-state index in [1.54, 1.807) is 0 Å². The zero-order valence-electron chi connectivity index (χ0n) is 25.0. The molecule has 0 saturated heterocycles. The predicted octanol–water partition coefficient (Wildman–Crippen LogP) is 5.77. The summed E-state index contributed by atoms with van der Waals surface area (Å²) in [7, 11) is 0. The minimum atomic E-state index is 0. The first-order valence-corrected chi connectivity index (χ1v) is 13.8. The van der Waals surface area contributed by atoms with Gasteiger partial charge in [-0.1, -0.05) is 36.5 Å². The molecule has 0 aliphatic carbocycles. The zero-order valence-corrected chi connectivity index (χ0v) is 27.4. The molecule has 0 fully saturated rings. The Balaban J connectivity index is 0.000000193. The van der Waals surface area contributed by atoms with Crippen LogP contribution in [0, 0.1) is 40.2 Å². The van der Waals surface area contributed by atoms with Gasteiger partial charge >= 0.3 is 0 Å². The maximum absolute atomic E-state index is 4.53. The van der Waals surface area contributed by atoms with Crippen LogP contribution in [0.1, 0.15) is 44.6 Å². The van der Waals surface area contributed by atoms with E-state index in [1.807, 2.05) is 44.2 Å². The third-order valence-electron chi connectivity index (χ3n) is 6.64. The van der Waals surface area contributed by atoms with Crippen molar-refractivity contribution in [3.05, 3.63) is 104 Å². The Kier molecular flexibility index (Phi) is 9.91. The van der Waals surface area contributed by atoms with Gasteiger partial charge in [0.2, 0.25) is 0 Å². The molecule has 2 aliphatic rings. The first-order chi connectivity index (χ1) is 19.7. The molecule has 0 saturated carbocycles. The Bertz CT molecular complexity index is 1430. The average Bonchev–Trinajstić information content (AvgIpc) is 3.76. The van der Waals surface area contributed by atoms with Gasteiger partial charge in [0.1, 0.15) is 0 Å². The summed E-state index contributed by atoms with van der Waals surface area (Å²) in [6, 6.07) is 18.3. The quantitative estimate of drug-likeness (QED) is 0.229. The second kappa shape index (κ2) is 13.4. The molecule has 0 amide bonds. The summed E-state index contributed by atoms with van der Waals surface area (Å²) in [4.78, 5) is 13.2. The van der Waals surface area contributed by atoms with Crippen molar-refractivity contribution in [3.8, 4) is 22.8 Å². The largest absolute Gasteiger partial charge is 0.574 e. The molecule has 10 heteroatoms.